The zero-order chi connectivity index (χ0) is 16.1. The maximum Gasteiger partial charge on any atom is 0.269 e. The zero-order valence-corrected chi connectivity index (χ0v) is 11.8. The second-order valence-electron chi connectivity index (χ2n) is 4.74. The molecule has 0 aliphatic heterocycles. The Morgan fingerprint density at radius 1 is 1.23 bits per heavy atom. The van der Waals surface area contributed by atoms with Gasteiger partial charge in [-0.05, 0) is 31.2 Å². The van der Waals surface area contributed by atoms with E-state index in [0.29, 0.717) is 5.69 Å². The monoisotopic (exact) mass is 308 g/mol. The van der Waals surface area contributed by atoms with Gasteiger partial charge < -0.3 is 10.1 Å². The second kappa shape index (κ2) is 6.84. The number of non-ortho nitro benzene ring substituents is 1. The number of benzene rings is 2. The van der Waals surface area contributed by atoms with Crippen molar-refractivity contribution >= 4 is 11.4 Å². The first kappa shape index (κ1) is 15.7. The van der Waals surface area contributed by atoms with Gasteiger partial charge in [0.25, 0.3) is 5.69 Å². The van der Waals surface area contributed by atoms with Crippen LogP contribution < -0.4 is 10.1 Å². The molecular formula is C15H14F2N2O3. The summed E-state index contributed by atoms with van der Waals surface area (Å²) < 4.78 is 31.4. The van der Waals surface area contributed by atoms with E-state index in [1.54, 1.807) is 12.1 Å². The lowest BCUT2D eigenvalue weighted by molar-refractivity contribution is -0.384. The van der Waals surface area contributed by atoms with E-state index in [-0.39, 0.29) is 24.1 Å². The Morgan fingerprint density at radius 3 is 2.50 bits per heavy atom. The molecule has 7 heteroatoms. The quantitative estimate of drug-likeness (QED) is 0.652. The number of anilines is 1. The average Bonchev–Trinajstić information content (AvgIpc) is 2.47. The van der Waals surface area contributed by atoms with E-state index < -0.39 is 16.6 Å². The normalized spacial score (nSPS) is 11.8. The third-order valence-corrected chi connectivity index (χ3v) is 2.87. The molecule has 0 bridgehead atoms. The van der Waals surface area contributed by atoms with Gasteiger partial charge in [0.15, 0.2) is 11.6 Å². The first-order chi connectivity index (χ1) is 10.5. The summed E-state index contributed by atoms with van der Waals surface area (Å²) in [5.41, 5.74) is 0.684. The number of nitro benzene ring substituents is 1. The predicted octanol–water partition coefficient (Wildman–Crippen LogP) is 3.75. The summed E-state index contributed by atoms with van der Waals surface area (Å²) in [4.78, 5) is 10.1. The number of halogens is 2. The molecule has 0 saturated heterocycles. The molecule has 2 rings (SSSR count). The summed E-state index contributed by atoms with van der Waals surface area (Å²) >= 11 is 0. The number of hydrogen-bond acceptors (Lipinski definition) is 4. The van der Waals surface area contributed by atoms with E-state index in [1.165, 1.54) is 18.2 Å². The molecule has 0 saturated carbocycles. The molecule has 0 spiro atoms. The molecule has 5 nitrogen and oxygen atoms in total. The van der Waals surface area contributed by atoms with Crippen molar-refractivity contribution in [1.82, 2.24) is 0 Å². The average molecular weight is 308 g/mol. The van der Waals surface area contributed by atoms with Gasteiger partial charge in [-0.25, -0.2) is 8.78 Å². The van der Waals surface area contributed by atoms with Crippen molar-refractivity contribution in [3.8, 4) is 5.75 Å². The maximum atomic E-state index is 13.4. The third kappa shape index (κ3) is 4.15. The third-order valence-electron chi connectivity index (χ3n) is 2.87. The predicted molar refractivity (Wildman–Crippen MR) is 78.0 cm³/mol. The summed E-state index contributed by atoms with van der Waals surface area (Å²) in [5.74, 6) is -1.46. The maximum absolute atomic E-state index is 13.4. The number of nitrogens with one attached hydrogen (secondary N) is 1. The highest BCUT2D eigenvalue weighted by Crippen LogP contribution is 2.19. The van der Waals surface area contributed by atoms with Crippen LogP contribution in [0.15, 0.2) is 42.5 Å². The molecule has 116 valence electrons. The van der Waals surface area contributed by atoms with Gasteiger partial charge >= 0.3 is 0 Å². The molecule has 0 fully saturated rings. The number of nitro groups is 1. The molecule has 1 N–H and O–H groups in total. The largest absolute Gasteiger partial charge is 0.488 e. The van der Waals surface area contributed by atoms with Crippen LogP contribution in [0.3, 0.4) is 0 Å². The Morgan fingerprint density at radius 2 is 1.91 bits per heavy atom. The minimum absolute atomic E-state index is 0.00263. The van der Waals surface area contributed by atoms with Crippen LogP contribution in [0.25, 0.3) is 0 Å². The van der Waals surface area contributed by atoms with E-state index in [2.05, 4.69) is 5.32 Å². The van der Waals surface area contributed by atoms with Crippen LogP contribution in [0.2, 0.25) is 0 Å². The van der Waals surface area contributed by atoms with E-state index in [1.807, 2.05) is 6.92 Å². The molecule has 2 aromatic carbocycles. The van der Waals surface area contributed by atoms with Crippen molar-refractivity contribution in [1.29, 1.82) is 0 Å². The van der Waals surface area contributed by atoms with Crippen LogP contribution in [-0.2, 0) is 0 Å². The van der Waals surface area contributed by atoms with E-state index >= 15 is 0 Å². The Balaban J connectivity index is 1.89. The summed E-state index contributed by atoms with van der Waals surface area (Å²) in [6, 6.07) is 8.84. The van der Waals surface area contributed by atoms with Gasteiger partial charge in [-0.1, -0.05) is 0 Å². The van der Waals surface area contributed by atoms with Crippen LogP contribution in [-0.4, -0.2) is 17.6 Å². The number of ether oxygens (including phenoxy) is 1. The number of nitrogens with zero attached hydrogens (tertiary/aromatic N) is 1. The van der Waals surface area contributed by atoms with E-state index in [4.69, 9.17) is 4.74 Å². The number of hydrogen-bond donors (Lipinski definition) is 1. The Kier molecular flexibility index (Phi) is 4.88. The van der Waals surface area contributed by atoms with Crippen LogP contribution in [0.4, 0.5) is 20.2 Å². The minimum Gasteiger partial charge on any atom is -0.488 e. The highest BCUT2D eigenvalue weighted by atomic mass is 19.1. The second-order valence-corrected chi connectivity index (χ2v) is 4.74. The van der Waals surface area contributed by atoms with Crippen molar-refractivity contribution in [3.05, 3.63) is 64.2 Å². The topological polar surface area (TPSA) is 64.4 Å². The minimum atomic E-state index is -0.762. The van der Waals surface area contributed by atoms with Gasteiger partial charge in [0.1, 0.15) is 12.4 Å². The fourth-order valence-corrected chi connectivity index (χ4v) is 1.81. The Labute approximate surface area is 125 Å². The summed E-state index contributed by atoms with van der Waals surface area (Å²) in [6.45, 7) is 1.96. The molecule has 1 atom stereocenters. The summed E-state index contributed by atoms with van der Waals surface area (Å²) in [6.07, 6.45) is 0. The van der Waals surface area contributed by atoms with Crippen molar-refractivity contribution < 1.29 is 18.4 Å². The molecule has 0 radical (unpaired) electrons. The summed E-state index contributed by atoms with van der Waals surface area (Å²) in [5, 5.41) is 13.6. The van der Waals surface area contributed by atoms with Crippen molar-refractivity contribution in [2.45, 2.75) is 13.0 Å². The zero-order valence-electron chi connectivity index (χ0n) is 11.8. The fraction of sp³-hybridized carbons (Fsp3) is 0.200. The highest BCUT2D eigenvalue weighted by Gasteiger charge is 2.09. The fourth-order valence-electron chi connectivity index (χ4n) is 1.81. The lowest BCUT2D eigenvalue weighted by atomic mass is 10.2. The van der Waals surface area contributed by atoms with E-state index in [0.717, 1.165) is 12.1 Å². The molecule has 0 amide bonds. The van der Waals surface area contributed by atoms with E-state index in [9.17, 15) is 18.9 Å². The smallest absolute Gasteiger partial charge is 0.269 e. The molecule has 1 unspecified atom stereocenters. The molecule has 0 heterocycles. The van der Waals surface area contributed by atoms with Crippen LogP contribution in [0.1, 0.15) is 6.92 Å². The van der Waals surface area contributed by atoms with Gasteiger partial charge in [0.05, 0.1) is 11.0 Å². The molecule has 0 aliphatic carbocycles. The molecule has 0 aromatic heterocycles. The lowest BCUT2D eigenvalue weighted by Gasteiger charge is -2.16. The SMILES string of the molecule is CC(COc1ccc(F)cc1F)Nc1ccc([N+](=O)[O-])cc1. The van der Waals surface area contributed by atoms with Gasteiger partial charge in [0.2, 0.25) is 0 Å². The molecule has 0 aliphatic rings. The standard InChI is InChI=1S/C15H14F2N2O3/c1-10(9-22-15-7-2-11(16)8-14(15)17)18-12-3-5-13(6-4-12)19(20)21/h2-8,10,18H,9H2,1H3. The van der Waals surface area contributed by atoms with Gasteiger partial charge in [-0.15, -0.1) is 0 Å². The van der Waals surface area contributed by atoms with Crippen molar-refractivity contribution in [3.63, 3.8) is 0 Å². The van der Waals surface area contributed by atoms with Gasteiger partial charge in [-0.3, -0.25) is 10.1 Å². The molecular weight excluding hydrogens is 294 g/mol. The highest BCUT2D eigenvalue weighted by molar-refractivity contribution is 5.49. The van der Waals surface area contributed by atoms with Gasteiger partial charge in [0, 0.05) is 23.9 Å². The van der Waals surface area contributed by atoms with Gasteiger partial charge in [-0.2, -0.15) is 0 Å². The van der Waals surface area contributed by atoms with Crippen molar-refractivity contribution in [2.24, 2.45) is 0 Å². The lowest BCUT2D eigenvalue weighted by Crippen LogP contribution is -2.23. The van der Waals surface area contributed by atoms with Crippen LogP contribution in [0.5, 0.6) is 5.75 Å². The van der Waals surface area contributed by atoms with Crippen molar-refractivity contribution in [2.75, 3.05) is 11.9 Å². The number of rotatable bonds is 6. The van der Waals surface area contributed by atoms with Crippen LogP contribution in [0, 0.1) is 21.7 Å². The van der Waals surface area contributed by atoms with Crippen LogP contribution >= 0.6 is 0 Å². The Bertz CT molecular complexity index is 662. The first-order valence-corrected chi connectivity index (χ1v) is 6.54. The first-order valence-electron chi connectivity index (χ1n) is 6.54. The molecule has 2 aromatic rings. The molecule has 22 heavy (non-hydrogen) atoms. The summed E-state index contributed by atoms with van der Waals surface area (Å²) in [7, 11) is 0. The Hall–Kier alpha value is -2.70.